The van der Waals surface area contributed by atoms with E-state index < -0.39 is 0 Å². The molecule has 1 aliphatic heterocycles. The molecular weight excluding hydrogens is 406 g/mol. The fourth-order valence-corrected chi connectivity index (χ4v) is 5.93. The molecule has 3 aromatic rings. The molecule has 0 radical (unpaired) electrons. The minimum Gasteiger partial charge on any atom is -0.358 e. The van der Waals surface area contributed by atoms with Gasteiger partial charge in [0.1, 0.15) is 0 Å². The molecule has 176 valence electrons. The van der Waals surface area contributed by atoms with Crippen LogP contribution in [0.3, 0.4) is 0 Å². The molecule has 1 aromatic carbocycles. The largest absolute Gasteiger partial charge is 0.358 e. The molecule has 0 spiro atoms. The van der Waals surface area contributed by atoms with Gasteiger partial charge in [0.2, 0.25) is 0 Å². The minimum absolute atomic E-state index is 0.579. The number of para-hydroxylation sites is 1. The average molecular weight is 446 g/mol. The smallest absolute Gasteiger partial charge is 0.165 e. The van der Waals surface area contributed by atoms with Crippen LogP contribution in [-0.4, -0.2) is 39.3 Å². The van der Waals surface area contributed by atoms with Gasteiger partial charge in [0.25, 0.3) is 0 Å². The highest BCUT2D eigenvalue weighted by Gasteiger charge is 2.28. The Morgan fingerprint density at radius 1 is 0.758 bits per heavy atom. The predicted molar refractivity (Wildman–Crippen MR) is 136 cm³/mol. The van der Waals surface area contributed by atoms with Crippen molar-refractivity contribution in [1.82, 2.24) is 20.2 Å². The van der Waals surface area contributed by atoms with Gasteiger partial charge in [-0.25, -0.2) is 5.01 Å². The summed E-state index contributed by atoms with van der Waals surface area (Å²) in [5.41, 5.74) is 2.71. The van der Waals surface area contributed by atoms with Crippen molar-refractivity contribution in [2.45, 2.75) is 89.0 Å². The first-order chi connectivity index (χ1) is 16.4. The van der Waals surface area contributed by atoms with Crippen molar-refractivity contribution in [3.8, 4) is 0 Å². The fraction of sp³-hybridized carbons (Fsp3) is 0.571. The molecule has 2 fully saturated rings. The highest BCUT2D eigenvalue weighted by atomic mass is 15.7. The van der Waals surface area contributed by atoms with Crippen LogP contribution < -0.4 is 5.01 Å². The Morgan fingerprint density at radius 3 is 2.45 bits per heavy atom. The molecule has 1 saturated carbocycles. The highest BCUT2D eigenvalue weighted by Crippen LogP contribution is 2.34. The summed E-state index contributed by atoms with van der Waals surface area (Å²) in [5, 5.41) is 15.3. The van der Waals surface area contributed by atoms with Crippen LogP contribution >= 0.6 is 0 Å². The van der Waals surface area contributed by atoms with Crippen molar-refractivity contribution in [3.63, 3.8) is 0 Å². The van der Waals surface area contributed by atoms with E-state index in [0.717, 1.165) is 18.9 Å². The Kier molecular flexibility index (Phi) is 7.57. The molecule has 2 unspecified atom stereocenters. The van der Waals surface area contributed by atoms with Crippen LogP contribution in [0.5, 0.6) is 0 Å². The number of nitrogens with zero attached hydrogens (tertiary/aromatic N) is 4. The second kappa shape index (κ2) is 11.1. The second-order valence-corrected chi connectivity index (χ2v) is 10.0. The molecule has 2 aromatic heterocycles. The van der Waals surface area contributed by atoms with Gasteiger partial charge in [0.05, 0.1) is 0 Å². The molecule has 1 N–H and O–H groups in total. The average Bonchev–Trinajstić information content (AvgIpc) is 3.36. The Hall–Kier alpha value is -2.40. The molecule has 1 saturated heterocycles. The summed E-state index contributed by atoms with van der Waals surface area (Å²) in [7, 11) is 0. The third-order valence-electron chi connectivity index (χ3n) is 7.74. The Labute approximate surface area is 198 Å². The summed E-state index contributed by atoms with van der Waals surface area (Å²) >= 11 is 0. The molecule has 1 aliphatic carbocycles. The minimum atomic E-state index is 0.579. The monoisotopic (exact) mass is 445 g/mol. The van der Waals surface area contributed by atoms with E-state index in [0.29, 0.717) is 12.0 Å². The maximum absolute atomic E-state index is 4.53. The number of anilines is 1. The number of aromatic amines is 1. The van der Waals surface area contributed by atoms with Gasteiger partial charge in [0, 0.05) is 36.5 Å². The van der Waals surface area contributed by atoms with Gasteiger partial charge < -0.3 is 4.98 Å². The number of hydrazine groups is 1. The van der Waals surface area contributed by atoms with E-state index in [-0.39, 0.29) is 0 Å². The van der Waals surface area contributed by atoms with E-state index in [2.05, 4.69) is 61.6 Å². The Bertz CT molecular complexity index is 951. The van der Waals surface area contributed by atoms with Crippen molar-refractivity contribution in [2.75, 3.05) is 18.1 Å². The van der Waals surface area contributed by atoms with Crippen LogP contribution in [0.4, 0.5) is 5.82 Å². The van der Waals surface area contributed by atoms with Crippen LogP contribution in [0, 0.1) is 0 Å². The van der Waals surface area contributed by atoms with Crippen molar-refractivity contribution >= 4 is 16.7 Å². The van der Waals surface area contributed by atoms with Crippen molar-refractivity contribution in [1.29, 1.82) is 0 Å². The zero-order valence-electron chi connectivity index (χ0n) is 20.0. The molecule has 2 aliphatic rings. The lowest BCUT2D eigenvalue weighted by Crippen LogP contribution is -2.50. The van der Waals surface area contributed by atoms with E-state index >= 15 is 0 Å². The predicted octanol–water partition coefficient (Wildman–Crippen LogP) is 6.84. The standard InChI is InChI=1S/C28H39N5/c1-2-9-20-32(33(21-10-3-1)28-16-11-19-29-31-28)25-14-6-4-5-12-23(17-18-25)27-22-24-13-7-8-15-26(24)30-27/h7-8,11,13,15-16,19,22-23,25,30H,1-6,9-10,12,14,17-18,20-21H2. The summed E-state index contributed by atoms with van der Waals surface area (Å²) in [5.74, 6) is 1.65. The van der Waals surface area contributed by atoms with Crippen molar-refractivity contribution in [2.24, 2.45) is 0 Å². The van der Waals surface area contributed by atoms with Crippen LogP contribution in [0.2, 0.25) is 0 Å². The van der Waals surface area contributed by atoms with Crippen LogP contribution in [0.1, 0.15) is 88.7 Å². The van der Waals surface area contributed by atoms with E-state index in [1.54, 1.807) is 6.20 Å². The third-order valence-corrected chi connectivity index (χ3v) is 7.74. The van der Waals surface area contributed by atoms with Gasteiger partial charge in [-0.2, -0.15) is 5.10 Å². The molecule has 5 rings (SSSR count). The lowest BCUT2D eigenvalue weighted by atomic mass is 9.92. The molecule has 0 amide bonds. The fourth-order valence-electron chi connectivity index (χ4n) is 5.93. The van der Waals surface area contributed by atoms with E-state index in [4.69, 9.17) is 0 Å². The van der Waals surface area contributed by atoms with E-state index in [1.807, 2.05) is 6.07 Å². The van der Waals surface area contributed by atoms with E-state index in [9.17, 15) is 0 Å². The Morgan fingerprint density at radius 2 is 1.58 bits per heavy atom. The van der Waals surface area contributed by atoms with Crippen LogP contribution in [-0.2, 0) is 0 Å². The number of hydrogen-bond donors (Lipinski definition) is 1. The van der Waals surface area contributed by atoms with Gasteiger partial charge in [0.15, 0.2) is 5.82 Å². The third kappa shape index (κ3) is 5.57. The number of aromatic nitrogens is 3. The number of hydrogen-bond acceptors (Lipinski definition) is 4. The van der Waals surface area contributed by atoms with E-state index in [1.165, 1.54) is 93.6 Å². The van der Waals surface area contributed by atoms with Gasteiger partial charge in [-0.15, -0.1) is 5.10 Å². The number of fused-ring (bicyclic) bond motifs is 1. The summed E-state index contributed by atoms with van der Waals surface area (Å²) in [6.45, 7) is 2.19. The molecule has 33 heavy (non-hydrogen) atoms. The van der Waals surface area contributed by atoms with Crippen LogP contribution in [0.25, 0.3) is 10.9 Å². The zero-order chi connectivity index (χ0) is 22.3. The summed E-state index contributed by atoms with van der Waals surface area (Å²) in [6.07, 6.45) is 17.4. The van der Waals surface area contributed by atoms with Gasteiger partial charge in [-0.3, -0.25) is 5.01 Å². The SMILES string of the molecule is c1cnnc(N2CCCCCCCN2C2CCCCCC(c3cc4ccccc4[nH]3)CC2)c1. The van der Waals surface area contributed by atoms with Crippen molar-refractivity contribution < 1.29 is 0 Å². The molecular formula is C28H39N5. The van der Waals surface area contributed by atoms with Crippen LogP contribution in [0.15, 0.2) is 48.7 Å². The summed E-state index contributed by atoms with van der Waals surface area (Å²) in [4.78, 5) is 3.75. The summed E-state index contributed by atoms with van der Waals surface area (Å²) < 4.78 is 0. The number of benzene rings is 1. The maximum atomic E-state index is 4.53. The maximum Gasteiger partial charge on any atom is 0.165 e. The zero-order valence-corrected chi connectivity index (χ0v) is 20.0. The second-order valence-electron chi connectivity index (χ2n) is 10.0. The first kappa shape index (κ1) is 22.4. The lowest BCUT2D eigenvalue weighted by molar-refractivity contribution is 0.150. The molecule has 5 nitrogen and oxygen atoms in total. The van der Waals surface area contributed by atoms with Gasteiger partial charge in [-0.1, -0.05) is 56.7 Å². The molecule has 5 heteroatoms. The highest BCUT2D eigenvalue weighted by molar-refractivity contribution is 5.80. The normalized spacial score (nSPS) is 24.3. The molecule has 3 heterocycles. The number of H-pyrrole nitrogens is 1. The topological polar surface area (TPSA) is 48.1 Å². The lowest BCUT2D eigenvalue weighted by Gasteiger charge is -2.41. The van der Waals surface area contributed by atoms with Gasteiger partial charge >= 0.3 is 0 Å². The number of nitrogens with one attached hydrogen (secondary N) is 1. The first-order valence-electron chi connectivity index (χ1n) is 13.3. The number of rotatable bonds is 3. The van der Waals surface area contributed by atoms with Gasteiger partial charge in [-0.05, 0) is 74.1 Å². The summed E-state index contributed by atoms with van der Waals surface area (Å²) in [6, 6.07) is 15.9. The quantitative estimate of drug-likeness (QED) is 0.479. The molecule has 2 atom stereocenters. The Balaban J connectivity index is 1.37. The molecule has 0 bridgehead atoms. The van der Waals surface area contributed by atoms with Crippen molar-refractivity contribution in [3.05, 3.63) is 54.4 Å². The first-order valence-corrected chi connectivity index (χ1v) is 13.3.